The van der Waals surface area contributed by atoms with Gasteiger partial charge in [0.25, 0.3) is 0 Å². The Kier molecular flexibility index (Phi) is 2.90. The molecule has 1 aromatic rings. The van der Waals surface area contributed by atoms with Crippen molar-refractivity contribution < 1.29 is 18.3 Å². The van der Waals surface area contributed by atoms with Crippen molar-refractivity contribution in [2.75, 3.05) is 6.61 Å². The van der Waals surface area contributed by atoms with Gasteiger partial charge < -0.3 is 10.8 Å². The van der Waals surface area contributed by atoms with Gasteiger partial charge in [-0.3, -0.25) is 4.68 Å². The van der Waals surface area contributed by atoms with Gasteiger partial charge in [-0.15, -0.1) is 0 Å². The molecule has 1 aliphatic rings. The zero-order valence-corrected chi connectivity index (χ0v) is 9.11. The van der Waals surface area contributed by atoms with Crippen LogP contribution in [0.3, 0.4) is 0 Å². The fraction of sp³-hybridized carbons (Fsp3) is 0.700. The highest BCUT2D eigenvalue weighted by atomic mass is 19.4. The molecule has 3 N–H and O–H groups in total. The fourth-order valence-electron chi connectivity index (χ4n) is 2.19. The molecule has 0 bridgehead atoms. The zero-order chi connectivity index (χ0) is 12.7. The molecular weight excluding hydrogens is 235 g/mol. The van der Waals surface area contributed by atoms with Crippen LogP contribution in [0.1, 0.15) is 31.0 Å². The maximum absolute atomic E-state index is 12.4. The number of alkyl halides is 3. The van der Waals surface area contributed by atoms with Gasteiger partial charge >= 0.3 is 6.18 Å². The van der Waals surface area contributed by atoms with Crippen LogP contribution in [0.15, 0.2) is 12.3 Å². The summed E-state index contributed by atoms with van der Waals surface area (Å²) in [5.74, 6) is 0. The van der Waals surface area contributed by atoms with E-state index in [-0.39, 0.29) is 12.6 Å². The third kappa shape index (κ3) is 2.44. The summed E-state index contributed by atoms with van der Waals surface area (Å²) in [5.41, 5.74) is 4.29. The second kappa shape index (κ2) is 3.99. The number of hydrogen-bond acceptors (Lipinski definition) is 3. The Morgan fingerprint density at radius 2 is 2.29 bits per heavy atom. The van der Waals surface area contributed by atoms with Crippen LogP contribution in [0, 0.1) is 0 Å². The summed E-state index contributed by atoms with van der Waals surface area (Å²) < 4.78 is 38.4. The minimum Gasteiger partial charge on any atom is -0.394 e. The van der Waals surface area contributed by atoms with E-state index in [2.05, 4.69) is 5.10 Å². The van der Waals surface area contributed by atoms with Gasteiger partial charge in [-0.2, -0.15) is 18.3 Å². The van der Waals surface area contributed by atoms with Crippen LogP contribution in [0.5, 0.6) is 0 Å². The predicted octanol–water partition coefficient (Wildman–Crippen LogP) is 1.32. The molecule has 1 aliphatic carbocycles. The summed E-state index contributed by atoms with van der Waals surface area (Å²) in [7, 11) is 0. The molecule has 2 atom stereocenters. The van der Waals surface area contributed by atoms with Gasteiger partial charge in [0.05, 0.1) is 12.6 Å². The minimum atomic E-state index is -4.42. The van der Waals surface area contributed by atoms with E-state index >= 15 is 0 Å². The Hall–Kier alpha value is -1.08. The Labute approximate surface area is 96.2 Å². The highest BCUT2D eigenvalue weighted by Crippen LogP contribution is 2.36. The normalized spacial score (nSPS) is 29.8. The molecule has 1 heterocycles. The molecule has 1 fully saturated rings. The molecule has 0 aromatic carbocycles. The molecule has 0 amide bonds. The van der Waals surface area contributed by atoms with Gasteiger partial charge in [-0.25, -0.2) is 0 Å². The molecule has 4 nitrogen and oxygen atoms in total. The van der Waals surface area contributed by atoms with E-state index in [1.807, 2.05) is 0 Å². The summed E-state index contributed by atoms with van der Waals surface area (Å²) in [5, 5.41) is 12.6. The van der Waals surface area contributed by atoms with Gasteiger partial charge in [-0.05, 0) is 25.3 Å². The van der Waals surface area contributed by atoms with Crippen molar-refractivity contribution in [1.29, 1.82) is 0 Å². The Morgan fingerprint density at radius 1 is 1.59 bits per heavy atom. The van der Waals surface area contributed by atoms with Crippen LogP contribution >= 0.6 is 0 Å². The quantitative estimate of drug-likeness (QED) is 0.830. The third-order valence-corrected chi connectivity index (χ3v) is 3.21. The van der Waals surface area contributed by atoms with Gasteiger partial charge in [0.1, 0.15) is 0 Å². The molecule has 1 aromatic heterocycles. The van der Waals surface area contributed by atoms with Gasteiger partial charge in [0.2, 0.25) is 0 Å². The topological polar surface area (TPSA) is 64.1 Å². The monoisotopic (exact) mass is 249 g/mol. The summed E-state index contributed by atoms with van der Waals surface area (Å²) in [6.45, 7) is -0.156. The van der Waals surface area contributed by atoms with E-state index in [0.717, 1.165) is 6.07 Å². The van der Waals surface area contributed by atoms with Crippen LogP contribution in [-0.2, 0) is 6.18 Å². The van der Waals surface area contributed by atoms with E-state index in [1.54, 1.807) is 0 Å². The minimum absolute atomic E-state index is 0.156. The molecule has 17 heavy (non-hydrogen) atoms. The number of nitrogens with two attached hydrogens (primary N) is 1. The van der Waals surface area contributed by atoms with E-state index in [1.165, 1.54) is 10.9 Å². The summed E-state index contributed by atoms with van der Waals surface area (Å²) in [6, 6.07) is 0.790. The molecule has 0 spiro atoms. The molecule has 96 valence electrons. The first-order valence-electron chi connectivity index (χ1n) is 5.36. The van der Waals surface area contributed by atoms with Gasteiger partial charge in [-0.1, -0.05) is 0 Å². The van der Waals surface area contributed by atoms with Crippen molar-refractivity contribution in [2.24, 2.45) is 5.73 Å². The first-order valence-corrected chi connectivity index (χ1v) is 5.36. The molecule has 0 radical (unpaired) electrons. The lowest BCUT2D eigenvalue weighted by Gasteiger charge is -2.20. The van der Waals surface area contributed by atoms with Crippen molar-refractivity contribution in [3.63, 3.8) is 0 Å². The molecule has 1 saturated carbocycles. The summed E-state index contributed by atoms with van der Waals surface area (Å²) >= 11 is 0. The van der Waals surface area contributed by atoms with Crippen LogP contribution in [0.4, 0.5) is 13.2 Å². The largest absolute Gasteiger partial charge is 0.435 e. The first-order chi connectivity index (χ1) is 7.84. The molecule has 0 saturated heterocycles. The number of aliphatic hydroxyl groups is 1. The standard InChI is InChI=1S/C10H14F3N3O/c11-10(12,13)8-2-4-16(15-8)7-1-3-9(14,5-7)6-17/h2,4,7,17H,1,3,5-6,14H2. The second-order valence-electron chi connectivity index (χ2n) is 4.60. The van der Waals surface area contributed by atoms with Crippen LogP contribution in [-0.4, -0.2) is 27.0 Å². The van der Waals surface area contributed by atoms with Crippen molar-refractivity contribution >= 4 is 0 Å². The van der Waals surface area contributed by atoms with Gasteiger partial charge in [0.15, 0.2) is 5.69 Å². The van der Waals surface area contributed by atoms with Crippen molar-refractivity contribution in [1.82, 2.24) is 9.78 Å². The highest BCUT2D eigenvalue weighted by Gasteiger charge is 2.38. The van der Waals surface area contributed by atoms with E-state index in [4.69, 9.17) is 10.8 Å². The van der Waals surface area contributed by atoms with Crippen molar-refractivity contribution in [2.45, 2.75) is 37.0 Å². The van der Waals surface area contributed by atoms with Crippen molar-refractivity contribution in [3.05, 3.63) is 18.0 Å². The number of hydrogen-bond donors (Lipinski definition) is 2. The molecule has 2 rings (SSSR count). The number of aliphatic hydroxyl groups excluding tert-OH is 1. The lowest BCUT2D eigenvalue weighted by atomic mass is 10.0. The molecular formula is C10H14F3N3O. The molecule has 7 heteroatoms. The highest BCUT2D eigenvalue weighted by molar-refractivity contribution is 5.05. The average molecular weight is 249 g/mol. The zero-order valence-electron chi connectivity index (χ0n) is 9.11. The predicted molar refractivity (Wildman–Crippen MR) is 54.1 cm³/mol. The van der Waals surface area contributed by atoms with Crippen LogP contribution in [0.25, 0.3) is 0 Å². The van der Waals surface area contributed by atoms with E-state index in [9.17, 15) is 13.2 Å². The number of nitrogens with zero attached hydrogens (tertiary/aromatic N) is 2. The Bertz CT molecular complexity index is 404. The number of halogens is 3. The maximum Gasteiger partial charge on any atom is 0.435 e. The Morgan fingerprint density at radius 3 is 2.76 bits per heavy atom. The van der Waals surface area contributed by atoms with E-state index < -0.39 is 17.4 Å². The fourth-order valence-corrected chi connectivity index (χ4v) is 2.19. The SMILES string of the molecule is NC1(CO)CCC(n2ccc(C(F)(F)F)n2)C1. The Balaban J connectivity index is 2.12. The smallest absolute Gasteiger partial charge is 0.394 e. The van der Waals surface area contributed by atoms with Crippen LogP contribution < -0.4 is 5.73 Å². The van der Waals surface area contributed by atoms with E-state index in [0.29, 0.717) is 19.3 Å². The second-order valence-corrected chi connectivity index (χ2v) is 4.60. The van der Waals surface area contributed by atoms with Gasteiger partial charge in [0, 0.05) is 11.7 Å². The maximum atomic E-state index is 12.4. The van der Waals surface area contributed by atoms with Crippen molar-refractivity contribution in [3.8, 4) is 0 Å². The number of aromatic nitrogens is 2. The molecule has 2 unspecified atom stereocenters. The summed E-state index contributed by atoms with van der Waals surface area (Å²) in [6.07, 6.45) is -1.43. The summed E-state index contributed by atoms with van der Waals surface area (Å²) in [4.78, 5) is 0. The third-order valence-electron chi connectivity index (χ3n) is 3.21. The number of rotatable bonds is 2. The lowest BCUT2D eigenvalue weighted by Crippen LogP contribution is -2.40. The molecule has 0 aliphatic heterocycles. The van der Waals surface area contributed by atoms with Crippen LogP contribution in [0.2, 0.25) is 0 Å². The average Bonchev–Trinajstić information content (AvgIpc) is 2.83. The lowest BCUT2D eigenvalue weighted by molar-refractivity contribution is -0.141. The first kappa shape index (κ1) is 12.4.